The van der Waals surface area contributed by atoms with Gasteiger partial charge in [-0.25, -0.2) is 4.79 Å². The number of benzene rings is 1. The summed E-state index contributed by atoms with van der Waals surface area (Å²) in [6.45, 7) is 0. The maximum absolute atomic E-state index is 11.9. The number of phenolic OH excluding ortho intramolecular Hbond substituents is 1. The molecule has 0 unspecified atom stereocenters. The Bertz CT molecular complexity index is 688. The largest absolute Gasteiger partial charge is 0.506 e. The van der Waals surface area contributed by atoms with Gasteiger partial charge in [0.1, 0.15) is 5.75 Å². The van der Waals surface area contributed by atoms with Crippen LogP contribution in [0.15, 0.2) is 41.1 Å². The molecule has 102 valence electrons. The number of carboxylic acid groups (broad SMARTS) is 1. The number of phenols is 1. The van der Waals surface area contributed by atoms with Crippen molar-refractivity contribution in [1.82, 2.24) is 4.98 Å². The van der Waals surface area contributed by atoms with Crippen LogP contribution in [0.4, 0.5) is 5.69 Å². The average molecular weight is 337 g/mol. The monoisotopic (exact) mass is 336 g/mol. The number of carboxylic acids is 1. The third kappa shape index (κ3) is 3.12. The molecule has 0 fully saturated rings. The zero-order valence-electron chi connectivity index (χ0n) is 10.0. The lowest BCUT2D eigenvalue weighted by Crippen LogP contribution is -2.12. The molecule has 0 spiro atoms. The zero-order chi connectivity index (χ0) is 14.7. The molecule has 2 aromatic rings. The number of nitrogens with one attached hydrogen (secondary N) is 1. The van der Waals surface area contributed by atoms with E-state index in [2.05, 4.69) is 26.2 Å². The van der Waals surface area contributed by atoms with E-state index in [1.807, 2.05) is 0 Å². The van der Waals surface area contributed by atoms with Gasteiger partial charge in [0, 0.05) is 16.9 Å². The molecule has 2 rings (SSSR count). The van der Waals surface area contributed by atoms with Gasteiger partial charge in [-0.05, 0) is 40.2 Å². The Balaban J connectivity index is 2.22. The Kier molecular flexibility index (Phi) is 3.99. The molecule has 0 radical (unpaired) electrons. The van der Waals surface area contributed by atoms with Crippen molar-refractivity contribution in [2.75, 3.05) is 5.32 Å². The molecule has 0 bridgehead atoms. The summed E-state index contributed by atoms with van der Waals surface area (Å²) < 4.78 is 0.649. The Hall–Kier alpha value is -2.41. The Morgan fingerprint density at radius 3 is 2.50 bits per heavy atom. The van der Waals surface area contributed by atoms with Gasteiger partial charge in [0.15, 0.2) is 0 Å². The fraction of sp³-hybridized carbons (Fsp3) is 0. The van der Waals surface area contributed by atoms with Crippen LogP contribution >= 0.6 is 15.9 Å². The molecule has 0 aliphatic rings. The fourth-order valence-corrected chi connectivity index (χ4v) is 1.87. The lowest BCUT2D eigenvalue weighted by molar-refractivity contribution is 0.0696. The lowest BCUT2D eigenvalue weighted by Gasteiger charge is -2.08. The molecule has 0 saturated carbocycles. The van der Waals surface area contributed by atoms with E-state index in [1.165, 1.54) is 24.5 Å². The summed E-state index contributed by atoms with van der Waals surface area (Å²) in [5, 5.41) is 20.9. The second-order valence-corrected chi connectivity index (χ2v) is 4.80. The molecule has 1 aromatic carbocycles. The number of nitrogens with zero attached hydrogens (tertiary/aromatic N) is 1. The molecule has 3 N–H and O–H groups in total. The van der Waals surface area contributed by atoms with Crippen molar-refractivity contribution in [3.63, 3.8) is 0 Å². The number of hydrogen-bond acceptors (Lipinski definition) is 4. The van der Waals surface area contributed by atoms with E-state index in [0.717, 1.165) is 6.07 Å². The standard InChI is InChI=1S/C13H9BrN2O4/c14-9-3-8(5-15-6-9)12(18)16-10-2-1-7(13(19)20)4-11(10)17/h1-6,17H,(H,16,18)(H,19,20). The van der Waals surface area contributed by atoms with Crippen molar-refractivity contribution >= 4 is 33.5 Å². The van der Waals surface area contributed by atoms with E-state index in [1.54, 1.807) is 6.07 Å². The van der Waals surface area contributed by atoms with Gasteiger partial charge in [0.05, 0.1) is 16.8 Å². The highest BCUT2D eigenvalue weighted by molar-refractivity contribution is 9.10. The van der Waals surface area contributed by atoms with E-state index in [-0.39, 0.29) is 17.0 Å². The predicted molar refractivity (Wildman–Crippen MR) is 75.0 cm³/mol. The average Bonchev–Trinajstić information content (AvgIpc) is 2.40. The van der Waals surface area contributed by atoms with Crippen molar-refractivity contribution in [3.8, 4) is 5.75 Å². The molecule has 20 heavy (non-hydrogen) atoms. The molecule has 0 aliphatic heterocycles. The molecule has 7 heteroatoms. The number of aromatic hydroxyl groups is 1. The molecule has 1 heterocycles. The van der Waals surface area contributed by atoms with E-state index in [9.17, 15) is 14.7 Å². The van der Waals surface area contributed by atoms with Crippen molar-refractivity contribution in [1.29, 1.82) is 0 Å². The molecular weight excluding hydrogens is 328 g/mol. The van der Waals surface area contributed by atoms with Crippen LogP contribution in [0, 0.1) is 0 Å². The first-order valence-electron chi connectivity index (χ1n) is 5.45. The minimum absolute atomic E-state index is 0.0652. The van der Waals surface area contributed by atoms with E-state index >= 15 is 0 Å². The van der Waals surface area contributed by atoms with Crippen LogP contribution in [-0.2, 0) is 0 Å². The van der Waals surface area contributed by atoms with Gasteiger partial charge in [0.25, 0.3) is 5.91 Å². The fourth-order valence-electron chi connectivity index (χ4n) is 1.50. The van der Waals surface area contributed by atoms with Gasteiger partial charge in [-0.3, -0.25) is 9.78 Å². The molecule has 6 nitrogen and oxygen atoms in total. The number of carbonyl (C=O) groups excluding carboxylic acids is 1. The normalized spacial score (nSPS) is 10.1. The van der Waals surface area contributed by atoms with Crippen molar-refractivity contribution in [3.05, 3.63) is 52.3 Å². The van der Waals surface area contributed by atoms with Crippen LogP contribution in [0.3, 0.4) is 0 Å². The number of halogens is 1. The minimum atomic E-state index is -1.16. The molecule has 1 amide bonds. The first-order chi connectivity index (χ1) is 9.47. The van der Waals surface area contributed by atoms with Crippen LogP contribution in [0.5, 0.6) is 5.75 Å². The van der Waals surface area contributed by atoms with Crippen LogP contribution in [0.2, 0.25) is 0 Å². The highest BCUT2D eigenvalue weighted by Crippen LogP contribution is 2.25. The number of aromatic nitrogens is 1. The topological polar surface area (TPSA) is 99.5 Å². The molecule has 0 saturated heterocycles. The number of aromatic carboxylic acids is 1. The summed E-state index contributed by atoms with van der Waals surface area (Å²) in [5.41, 5.74) is 0.366. The summed E-state index contributed by atoms with van der Waals surface area (Å²) in [4.78, 5) is 26.5. The third-order valence-corrected chi connectivity index (χ3v) is 2.89. The Labute approximate surface area is 122 Å². The summed E-state index contributed by atoms with van der Waals surface area (Å²) in [7, 11) is 0. The predicted octanol–water partition coefficient (Wildman–Crippen LogP) is 2.50. The summed E-state index contributed by atoms with van der Waals surface area (Å²) in [5.74, 6) is -1.94. The van der Waals surface area contributed by atoms with E-state index in [4.69, 9.17) is 5.11 Å². The van der Waals surface area contributed by atoms with Gasteiger partial charge in [-0.2, -0.15) is 0 Å². The van der Waals surface area contributed by atoms with Crippen molar-refractivity contribution in [2.45, 2.75) is 0 Å². The summed E-state index contributed by atoms with van der Waals surface area (Å²) in [6, 6.07) is 5.25. The highest BCUT2D eigenvalue weighted by atomic mass is 79.9. The number of hydrogen-bond donors (Lipinski definition) is 3. The third-order valence-electron chi connectivity index (χ3n) is 2.46. The van der Waals surface area contributed by atoms with Crippen LogP contribution in [-0.4, -0.2) is 27.1 Å². The van der Waals surface area contributed by atoms with Crippen LogP contribution in [0.25, 0.3) is 0 Å². The van der Waals surface area contributed by atoms with E-state index < -0.39 is 11.9 Å². The molecule has 0 atom stereocenters. The number of carbonyl (C=O) groups is 2. The first-order valence-corrected chi connectivity index (χ1v) is 6.25. The second kappa shape index (κ2) is 5.70. The van der Waals surface area contributed by atoms with Crippen molar-refractivity contribution in [2.24, 2.45) is 0 Å². The van der Waals surface area contributed by atoms with Gasteiger partial charge in [0.2, 0.25) is 0 Å². The maximum Gasteiger partial charge on any atom is 0.335 e. The minimum Gasteiger partial charge on any atom is -0.506 e. The SMILES string of the molecule is O=C(O)c1ccc(NC(=O)c2cncc(Br)c2)c(O)c1. The number of pyridine rings is 1. The van der Waals surface area contributed by atoms with Gasteiger partial charge < -0.3 is 15.5 Å². The van der Waals surface area contributed by atoms with Gasteiger partial charge in [-0.1, -0.05) is 0 Å². The lowest BCUT2D eigenvalue weighted by atomic mass is 10.2. The Morgan fingerprint density at radius 1 is 1.15 bits per heavy atom. The summed E-state index contributed by atoms with van der Waals surface area (Å²) >= 11 is 3.20. The second-order valence-electron chi connectivity index (χ2n) is 3.88. The molecular formula is C13H9BrN2O4. The smallest absolute Gasteiger partial charge is 0.335 e. The quantitative estimate of drug-likeness (QED) is 0.748. The van der Waals surface area contributed by atoms with Gasteiger partial charge >= 0.3 is 5.97 Å². The molecule has 0 aliphatic carbocycles. The number of rotatable bonds is 3. The first kappa shape index (κ1) is 14.0. The highest BCUT2D eigenvalue weighted by Gasteiger charge is 2.12. The maximum atomic E-state index is 11.9. The number of anilines is 1. The van der Waals surface area contributed by atoms with Crippen LogP contribution < -0.4 is 5.32 Å². The summed E-state index contributed by atoms with van der Waals surface area (Å²) in [6.07, 6.45) is 2.92. The number of amides is 1. The molecule has 1 aromatic heterocycles. The van der Waals surface area contributed by atoms with Crippen molar-refractivity contribution < 1.29 is 19.8 Å². The Morgan fingerprint density at radius 2 is 1.90 bits per heavy atom. The van der Waals surface area contributed by atoms with Gasteiger partial charge in [-0.15, -0.1) is 0 Å². The van der Waals surface area contributed by atoms with E-state index in [0.29, 0.717) is 10.0 Å². The van der Waals surface area contributed by atoms with Crippen LogP contribution in [0.1, 0.15) is 20.7 Å². The zero-order valence-corrected chi connectivity index (χ0v) is 11.6.